The number of hydrogen-bond acceptors (Lipinski definition) is 6. The minimum absolute atomic E-state index is 0.371. The SMILES string of the molecule is CC(C)(N)c1nc(-c2cn[nH]n2)no1. The molecule has 0 saturated carbocycles. The highest BCUT2D eigenvalue weighted by Crippen LogP contribution is 2.17. The third kappa shape index (κ3) is 1.49. The van der Waals surface area contributed by atoms with Gasteiger partial charge in [0, 0.05) is 0 Å². The van der Waals surface area contributed by atoms with Crippen molar-refractivity contribution in [3.63, 3.8) is 0 Å². The predicted octanol–water partition coefficient (Wildman–Crippen LogP) is 0.0485. The molecule has 0 aliphatic heterocycles. The Bertz CT molecular complexity index is 412. The molecule has 0 fully saturated rings. The molecule has 2 rings (SSSR count). The van der Waals surface area contributed by atoms with E-state index in [0.29, 0.717) is 17.4 Å². The first-order chi connectivity index (χ1) is 6.57. The van der Waals surface area contributed by atoms with Crippen molar-refractivity contribution < 1.29 is 4.52 Å². The minimum atomic E-state index is -0.644. The van der Waals surface area contributed by atoms with Gasteiger partial charge >= 0.3 is 0 Å². The Hall–Kier alpha value is -1.76. The van der Waals surface area contributed by atoms with Crippen LogP contribution in [0.2, 0.25) is 0 Å². The van der Waals surface area contributed by atoms with Crippen molar-refractivity contribution in [2.45, 2.75) is 19.4 Å². The van der Waals surface area contributed by atoms with Crippen LogP contribution in [0.1, 0.15) is 19.7 Å². The number of H-pyrrole nitrogens is 1. The maximum absolute atomic E-state index is 5.78. The zero-order valence-corrected chi connectivity index (χ0v) is 7.85. The second-order valence-corrected chi connectivity index (χ2v) is 3.50. The lowest BCUT2D eigenvalue weighted by molar-refractivity contribution is 0.312. The molecule has 0 aromatic carbocycles. The lowest BCUT2D eigenvalue weighted by Gasteiger charge is -2.10. The normalized spacial score (nSPS) is 11.9. The summed E-state index contributed by atoms with van der Waals surface area (Å²) < 4.78 is 4.99. The van der Waals surface area contributed by atoms with Gasteiger partial charge in [-0.05, 0) is 13.8 Å². The average Bonchev–Trinajstić information content (AvgIpc) is 2.73. The molecule has 0 atom stereocenters. The summed E-state index contributed by atoms with van der Waals surface area (Å²) in [6.07, 6.45) is 1.51. The van der Waals surface area contributed by atoms with Crippen LogP contribution in [0.5, 0.6) is 0 Å². The molecule has 7 heteroatoms. The molecule has 7 nitrogen and oxygen atoms in total. The lowest BCUT2D eigenvalue weighted by atomic mass is 10.1. The zero-order valence-electron chi connectivity index (χ0n) is 7.85. The fourth-order valence-corrected chi connectivity index (χ4v) is 0.899. The van der Waals surface area contributed by atoms with Gasteiger partial charge in [-0.1, -0.05) is 5.16 Å². The van der Waals surface area contributed by atoms with Crippen molar-refractivity contribution in [2.75, 3.05) is 0 Å². The van der Waals surface area contributed by atoms with Gasteiger partial charge in [0.05, 0.1) is 11.7 Å². The third-order valence-corrected chi connectivity index (χ3v) is 1.62. The summed E-state index contributed by atoms with van der Waals surface area (Å²) in [5, 5.41) is 13.7. The van der Waals surface area contributed by atoms with Crippen molar-refractivity contribution in [3.05, 3.63) is 12.1 Å². The zero-order chi connectivity index (χ0) is 10.2. The van der Waals surface area contributed by atoms with Crippen molar-refractivity contribution >= 4 is 0 Å². The largest absolute Gasteiger partial charge is 0.337 e. The predicted molar refractivity (Wildman–Crippen MR) is 46.9 cm³/mol. The summed E-state index contributed by atoms with van der Waals surface area (Å²) in [7, 11) is 0. The van der Waals surface area contributed by atoms with E-state index >= 15 is 0 Å². The number of rotatable bonds is 2. The van der Waals surface area contributed by atoms with E-state index in [1.807, 2.05) is 0 Å². The number of hydrogen-bond donors (Lipinski definition) is 2. The van der Waals surface area contributed by atoms with Crippen molar-refractivity contribution in [2.24, 2.45) is 5.73 Å². The number of aromatic amines is 1. The van der Waals surface area contributed by atoms with E-state index in [4.69, 9.17) is 10.3 Å². The Morgan fingerprint density at radius 3 is 2.79 bits per heavy atom. The van der Waals surface area contributed by atoms with Gasteiger partial charge in [0.1, 0.15) is 0 Å². The summed E-state index contributed by atoms with van der Waals surface area (Å²) in [5.41, 5.74) is 5.67. The van der Waals surface area contributed by atoms with Crippen molar-refractivity contribution in [1.82, 2.24) is 25.6 Å². The van der Waals surface area contributed by atoms with Crippen LogP contribution in [0.15, 0.2) is 10.7 Å². The molecule has 2 aromatic rings. The molecular formula is C7H10N6O. The lowest BCUT2D eigenvalue weighted by Crippen LogP contribution is -2.28. The first-order valence-corrected chi connectivity index (χ1v) is 4.06. The summed E-state index contributed by atoms with van der Waals surface area (Å²) in [4.78, 5) is 4.10. The van der Waals surface area contributed by atoms with Crippen LogP contribution in [-0.4, -0.2) is 25.6 Å². The molecule has 74 valence electrons. The van der Waals surface area contributed by atoms with Crippen molar-refractivity contribution in [1.29, 1.82) is 0 Å². The van der Waals surface area contributed by atoms with Crippen LogP contribution < -0.4 is 5.73 Å². The first kappa shape index (κ1) is 8.82. The van der Waals surface area contributed by atoms with E-state index in [-0.39, 0.29) is 0 Å². The molecule has 0 spiro atoms. The standard InChI is InChI=1S/C7H10N6O/c1-7(2,8)6-10-5(12-14-6)4-3-9-13-11-4/h3H,8H2,1-2H3,(H,9,11,13). The second kappa shape index (κ2) is 2.88. The summed E-state index contributed by atoms with van der Waals surface area (Å²) >= 11 is 0. The molecule has 14 heavy (non-hydrogen) atoms. The fraction of sp³-hybridized carbons (Fsp3) is 0.429. The molecule has 0 aliphatic carbocycles. The summed E-state index contributed by atoms with van der Waals surface area (Å²) in [5.74, 6) is 0.753. The van der Waals surface area contributed by atoms with E-state index in [0.717, 1.165) is 0 Å². The topological polar surface area (TPSA) is 107 Å². The van der Waals surface area contributed by atoms with Gasteiger partial charge in [0.25, 0.3) is 0 Å². The average molecular weight is 194 g/mol. The smallest absolute Gasteiger partial charge is 0.246 e. The molecule has 3 N–H and O–H groups in total. The monoisotopic (exact) mass is 194 g/mol. The number of nitrogens with two attached hydrogens (primary N) is 1. The maximum Gasteiger partial charge on any atom is 0.246 e. The van der Waals surface area contributed by atoms with Crippen LogP contribution in [0.4, 0.5) is 0 Å². The third-order valence-electron chi connectivity index (χ3n) is 1.62. The Morgan fingerprint density at radius 2 is 2.29 bits per heavy atom. The quantitative estimate of drug-likeness (QED) is 0.699. The van der Waals surface area contributed by atoms with E-state index in [1.165, 1.54) is 6.20 Å². The number of nitrogens with zero attached hydrogens (tertiary/aromatic N) is 4. The highest BCUT2D eigenvalue weighted by atomic mass is 16.5. The fourth-order valence-electron chi connectivity index (χ4n) is 0.899. The summed E-state index contributed by atoms with van der Waals surface area (Å²) in [6.45, 7) is 3.57. The van der Waals surface area contributed by atoms with Gasteiger partial charge in [-0.15, -0.1) is 0 Å². The van der Waals surface area contributed by atoms with Gasteiger partial charge in [-0.3, -0.25) is 0 Å². The van der Waals surface area contributed by atoms with E-state index in [2.05, 4.69) is 25.6 Å². The Labute approximate surface area is 79.7 Å². The minimum Gasteiger partial charge on any atom is -0.337 e. The van der Waals surface area contributed by atoms with Gasteiger partial charge in [-0.2, -0.15) is 20.4 Å². The summed E-state index contributed by atoms with van der Waals surface area (Å²) in [6, 6.07) is 0. The molecule has 0 saturated heterocycles. The number of nitrogens with one attached hydrogen (secondary N) is 1. The molecule has 0 aliphatic rings. The number of aromatic nitrogens is 5. The van der Waals surface area contributed by atoms with E-state index in [1.54, 1.807) is 13.8 Å². The molecule has 0 bridgehead atoms. The first-order valence-electron chi connectivity index (χ1n) is 4.06. The maximum atomic E-state index is 5.78. The highest BCUT2D eigenvalue weighted by Gasteiger charge is 2.23. The Balaban J connectivity index is 2.36. The van der Waals surface area contributed by atoms with Gasteiger partial charge in [0.2, 0.25) is 11.7 Å². The Kier molecular flexibility index (Phi) is 1.81. The van der Waals surface area contributed by atoms with Crippen molar-refractivity contribution in [3.8, 4) is 11.5 Å². The van der Waals surface area contributed by atoms with Crippen LogP contribution in [0.25, 0.3) is 11.5 Å². The van der Waals surface area contributed by atoms with Gasteiger partial charge < -0.3 is 10.3 Å². The van der Waals surface area contributed by atoms with Gasteiger partial charge in [-0.25, -0.2) is 0 Å². The molecule has 0 amide bonds. The highest BCUT2D eigenvalue weighted by molar-refractivity contribution is 5.44. The van der Waals surface area contributed by atoms with Crippen LogP contribution in [0, 0.1) is 0 Å². The Morgan fingerprint density at radius 1 is 1.50 bits per heavy atom. The van der Waals surface area contributed by atoms with Crippen LogP contribution in [-0.2, 0) is 5.54 Å². The van der Waals surface area contributed by atoms with E-state index < -0.39 is 5.54 Å². The molecular weight excluding hydrogens is 184 g/mol. The van der Waals surface area contributed by atoms with Crippen LogP contribution in [0.3, 0.4) is 0 Å². The van der Waals surface area contributed by atoms with Crippen LogP contribution >= 0.6 is 0 Å². The molecule has 0 radical (unpaired) electrons. The van der Waals surface area contributed by atoms with E-state index in [9.17, 15) is 0 Å². The second-order valence-electron chi connectivity index (χ2n) is 3.50. The molecule has 2 aromatic heterocycles. The van der Waals surface area contributed by atoms with Gasteiger partial charge in [0.15, 0.2) is 5.69 Å². The molecule has 0 unspecified atom stereocenters. The molecule has 2 heterocycles.